The van der Waals surface area contributed by atoms with Crippen LogP contribution in [0.25, 0.3) is 0 Å². The fourth-order valence-corrected chi connectivity index (χ4v) is 2.34. The number of halogens is 9. The van der Waals surface area contributed by atoms with Gasteiger partial charge in [-0.1, -0.05) is 12.1 Å². The minimum absolute atomic E-state index is 0.00444. The van der Waals surface area contributed by atoms with Crippen molar-refractivity contribution in [3.8, 4) is 0 Å². The number of hydrogen-bond acceptors (Lipinski definition) is 4. The van der Waals surface area contributed by atoms with E-state index in [1.54, 1.807) is 0 Å². The fourth-order valence-electron chi connectivity index (χ4n) is 2.34. The summed E-state index contributed by atoms with van der Waals surface area (Å²) in [6.45, 7) is -3.26. The highest BCUT2D eigenvalue weighted by Gasteiger charge is 2.85. The van der Waals surface area contributed by atoms with Gasteiger partial charge in [-0.15, -0.1) is 5.06 Å². The van der Waals surface area contributed by atoms with Crippen LogP contribution in [0.4, 0.5) is 39.5 Å². The van der Waals surface area contributed by atoms with Gasteiger partial charge in [0.25, 0.3) is 11.8 Å². The zero-order valence-electron chi connectivity index (χ0n) is 13.2. The number of rotatable bonds is 5. The summed E-state index contributed by atoms with van der Waals surface area (Å²) in [5, 5.41) is 0.00444. The molecule has 0 bridgehead atoms. The molecule has 0 radical (unpaired) electrons. The van der Waals surface area contributed by atoms with Crippen LogP contribution in [-0.4, -0.2) is 54.2 Å². The number of alkyl halides is 9. The number of benzene rings is 1. The van der Waals surface area contributed by atoms with Gasteiger partial charge >= 0.3 is 24.1 Å². The molecule has 0 atom stereocenters. The Kier molecular flexibility index (Phi) is 5.42. The lowest BCUT2D eigenvalue weighted by Crippen LogP contribution is -2.68. The number of hydrogen-bond donors (Lipinski definition) is 0. The molecule has 0 saturated carbocycles. The number of carbonyl (C=O) groups excluding carboxylic acids is 2. The molecule has 0 saturated heterocycles. The predicted molar refractivity (Wildman–Crippen MR) is 69.7 cm³/mol. The first kappa shape index (κ1) is 21.9. The molecule has 156 valence electrons. The van der Waals surface area contributed by atoms with Gasteiger partial charge in [0.05, 0.1) is 24.3 Å². The molecule has 1 aromatic carbocycles. The molecule has 0 aromatic heterocycles. The molecule has 28 heavy (non-hydrogen) atoms. The smallest absolute Gasteiger partial charge is 0.349 e. The number of nitrogens with zero attached hydrogens (tertiary/aromatic N) is 1. The van der Waals surface area contributed by atoms with E-state index in [2.05, 4.69) is 9.57 Å². The van der Waals surface area contributed by atoms with Gasteiger partial charge in [-0.25, -0.2) is 0 Å². The standard InChI is InChI=1S/C14H8F9NO4/c15-12(16,17)11(13(18,19)20,14(21,22)23)27-5-6-28-24-9(25)7-3-1-2-4-8(7)10(24)26/h1-4H,5-6H2. The van der Waals surface area contributed by atoms with Crippen molar-refractivity contribution in [2.45, 2.75) is 24.1 Å². The molecule has 5 nitrogen and oxygen atoms in total. The van der Waals surface area contributed by atoms with E-state index in [0.29, 0.717) is 0 Å². The number of amides is 2. The molecule has 0 aliphatic carbocycles. The summed E-state index contributed by atoms with van der Waals surface area (Å²) in [4.78, 5) is 28.2. The van der Waals surface area contributed by atoms with Gasteiger partial charge in [0, 0.05) is 0 Å². The lowest BCUT2D eigenvalue weighted by Gasteiger charge is -2.37. The summed E-state index contributed by atoms with van der Waals surface area (Å²) in [6, 6.07) is 5.11. The average molecular weight is 425 g/mol. The van der Waals surface area contributed by atoms with Gasteiger partial charge in [0.1, 0.15) is 0 Å². The molecule has 2 rings (SSSR count). The van der Waals surface area contributed by atoms with Crippen LogP contribution in [0.1, 0.15) is 20.7 Å². The van der Waals surface area contributed by atoms with E-state index in [4.69, 9.17) is 0 Å². The number of hydroxylamine groups is 2. The molecule has 1 heterocycles. The van der Waals surface area contributed by atoms with E-state index < -0.39 is 49.2 Å². The Morgan fingerprint density at radius 3 is 1.46 bits per heavy atom. The Labute approximate surface area is 149 Å². The monoisotopic (exact) mass is 425 g/mol. The predicted octanol–water partition coefficient (Wildman–Crippen LogP) is 3.66. The first-order valence-corrected chi connectivity index (χ1v) is 7.10. The first-order valence-electron chi connectivity index (χ1n) is 7.10. The molecule has 0 unspecified atom stereocenters. The maximum Gasteiger partial charge on any atom is 0.435 e. The minimum atomic E-state index is -6.89. The second kappa shape index (κ2) is 6.92. The maximum atomic E-state index is 12.7. The molecular formula is C14H8F9NO4. The lowest BCUT2D eigenvalue weighted by molar-refractivity contribution is -0.458. The topological polar surface area (TPSA) is 55.8 Å². The molecule has 0 fully saturated rings. The summed E-state index contributed by atoms with van der Waals surface area (Å²) < 4.78 is 117. The Hall–Kier alpha value is -2.35. The zero-order valence-corrected chi connectivity index (χ0v) is 13.2. The van der Waals surface area contributed by atoms with Crippen LogP contribution in [0, 0.1) is 0 Å². The van der Waals surface area contributed by atoms with Gasteiger partial charge in [0.15, 0.2) is 0 Å². The zero-order chi connectivity index (χ0) is 21.5. The Bertz CT molecular complexity index is 698. The molecule has 1 aromatic rings. The second-order valence-corrected chi connectivity index (χ2v) is 5.31. The van der Waals surface area contributed by atoms with Crippen molar-refractivity contribution >= 4 is 11.8 Å². The molecule has 1 aliphatic rings. The van der Waals surface area contributed by atoms with E-state index >= 15 is 0 Å². The summed E-state index contributed by atoms with van der Waals surface area (Å²) in [6.07, 6.45) is -20.7. The van der Waals surface area contributed by atoms with Crippen molar-refractivity contribution in [1.82, 2.24) is 5.06 Å². The van der Waals surface area contributed by atoms with Crippen molar-refractivity contribution in [2.24, 2.45) is 0 Å². The maximum absolute atomic E-state index is 12.7. The average Bonchev–Trinajstić information content (AvgIpc) is 2.76. The van der Waals surface area contributed by atoms with Crippen LogP contribution in [0.3, 0.4) is 0 Å². The highest BCUT2D eigenvalue weighted by molar-refractivity contribution is 6.20. The number of fused-ring (bicyclic) bond motifs is 1. The minimum Gasteiger partial charge on any atom is -0.349 e. The van der Waals surface area contributed by atoms with Crippen LogP contribution < -0.4 is 0 Å². The van der Waals surface area contributed by atoms with E-state index in [1.165, 1.54) is 24.3 Å². The summed E-state index contributed by atoms with van der Waals surface area (Å²) in [7, 11) is 0. The van der Waals surface area contributed by atoms with E-state index in [-0.39, 0.29) is 16.2 Å². The van der Waals surface area contributed by atoms with Crippen molar-refractivity contribution in [3.63, 3.8) is 0 Å². The largest absolute Gasteiger partial charge is 0.435 e. The number of carbonyl (C=O) groups is 2. The van der Waals surface area contributed by atoms with E-state index in [1.807, 2.05) is 0 Å². The molecule has 0 N–H and O–H groups in total. The van der Waals surface area contributed by atoms with Crippen molar-refractivity contribution in [1.29, 1.82) is 0 Å². The lowest BCUT2D eigenvalue weighted by atomic mass is 10.0. The molecule has 0 spiro atoms. The number of ether oxygens (including phenoxy) is 1. The Morgan fingerprint density at radius 1 is 0.714 bits per heavy atom. The molecule has 1 aliphatic heterocycles. The normalized spacial score (nSPS) is 16.0. The highest BCUT2D eigenvalue weighted by Crippen LogP contribution is 2.54. The van der Waals surface area contributed by atoms with E-state index in [9.17, 15) is 49.1 Å². The van der Waals surface area contributed by atoms with Crippen molar-refractivity contribution < 1.29 is 58.7 Å². The fraction of sp³-hybridized carbons (Fsp3) is 0.429. The van der Waals surface area contributed by atoms with Gasteiger partial charge in [-0.2, -0.15) is 39.5 Å². The van der Waals surface area contributed by atoms with Crippen molar-refractivity contribution in [3.05, 3.63) is 35.4 Å². The molecule has 2 amide bonds. The summed E-state index contributed by atoms with van der Waals surface area (Å²) in [5.41, 5.74) is -6.79. The summed E-state index contributed by atoms with van der Waals surface area (Å²) in [5.74, 6) is -2.18. The second-order valence-electron chi connectivity index (χ2n) is 5.31. The van der Waals surface area contributed by atoms with E-state index in [0.717, 1.165) is 0 Å². The summed E-state index contributed by atoms with van der Waals surface area (Å²) >= 11 is 0. The van der Waals surface area contributed by atoms with Crippen LogP contribution >= 0.6 is 0 Å². The number of imide groups is 1. The molecule has 14 heteroatoms. The van der Waals surface area contributed by atoms with Crippen LogP contribution in [-0.2, 0) is 9.57 Å². The van der Waals surface area contributed by atoms with Crippen LogP contribution in [0.5, 0.6) is 0 Å². The van der Waals surface area contributed by atoms with Gasteiger partial charge in [-0.3, -0.25) is 14.4 Å². The quantitative estimate of drug-likeness (QED) is 0.411. The van der Waals surface area contributed by atoms with Crippen LogP contribution in [0.2, 0.25) is 0 Å². The van der Waals surface area contributed by atoms with Gasteiger partial charge in [0.2, 0.25) is 0 Å². The van der Waals surface area contributed by atoms with Gasteiger partial charge < -0.3 is 4.74 Å². The molecular weight excluding hydrogens is 417 g/mol. The highest BCUT2D eigenvalue weighted by atomic mass is 19.4. The van der Waals surface area contributed by atoms with Gasteiger partial charge in [-0.05, 0) is 12.1 Å². The van der Waals surface area contributed by atoms with Crippen molar-refractivity contribution in [2.75, 3.05) is 13.2 Å². The third-order valence-electron chi connectivity index (χ3n) is 3.58. The third-order valence-corrected chi connectivity index (χ3v) is 3.58. The first-order chi connectivity index (χ1) is 12.6. The third kappa shape index (κ3) is 3.41. The Morgan fingerprint density at radius 2 is 1.11 bits per heavy atom. The SMILES string of the molecule is O=C1c2ccccc2C(=O)N1OCCOC(C(F)(F)F)(C(F)(F)F)C(F)(F)F. The Balaban J connectivity index is 2.13. The van der Waals surface area contributed by atoms with Crippen LogP contribution in [0.15, 0.2) is 24.3 Å².